The molecule has 2 aromatic carbocycles. The number of nitriles is 1. The molecule has 36 heavy (non-hydrogen) atoms. The lowest BCUT2D eigenvalue weighted by molar-refractivity contribution is -0.142. The van der Waals surface area contributed by atoms with Crippen molar-refractivity contribution in [3.05, 3.63) is 71.1 Å². The Kier molecular flexibility index (Phi) is 8.36. The second-order valence-electron chi connectivity index (χ2n) is 7.76. The topological polar surface area (TPSA) is 112 Å². The summed E-state index contributed by atoms with van der Waals surface area (Å²) in [5, 5.41) is 12.2. The molecule has 1 aromatic heterocycles. The summed E-state index contributed by atoms with van der Waals surface area (Å²) in [5.41, 5.74) is 3.54. The summed E-state index contributed by atoms with van der Waals surface area (Å²) in [5.74, 6) is 0.247. The molecule has 0 aliphatic heterocycles. The van der Waals surface area contributed by atoms with Crippen LogP contribution >= 0.6 is 0 Å². The van der Waals surface area contributed by atoms with Crippen molar-refractivity contribution >= 4 is 23.6 Å². The Morgan fingerprint density at radius 3 is 2.11 bits per heavy atom. The van der Waals surface area contributed by atoms with Gasteiger partial charge in [0.2, 0.25) is 0 Å². The van der Waals surface area contributed by atoms with Crippen LogP contribution in [0.4, 0.5) is 5.69 Å². The molecule has 186 valence electrons. The number of amides is 1. The second kappa shape index (κ2) is 11.6. The van der Waals surface area contributed by atoms with Crippen LogP contribution in [0.15, 0.2) is 54.1 Å². The number of carbonyl (C=O) groups excluding carboxylic acids is 2. The van der Waals surface area contributed by atoms with E-state index in [4.69, 9.17) is 18.9 Å². The molecule has 0 radical (unpaired) electrons. The maximum Gasteiger partial charge on any atom is 0.349 e. The molecule has 3 aromatic rings. The first-order valence-corrected chi connectivity index (χ1v) is 10.9. The molecule has 0 spiro atoms. The first-order chi connectivity index (χ1) is 17.3. The van der Waals surface area contributed by atoms with Crippen LogP contribution in [0.2, 0.25) is 0 Å². The minimum atomic E-state index is -0.898. The largest absolute Gasteiger partial charge is 0.497 e. The molecule has 0 saturated heterocycles. The summed E-state index contributed by atoms with van der Waals surface area (Å²) in [6.45, 7) is 3.25. The van der Waals surface area contributed by atoms with E-state index in [1.807, 2.05) is 54.8 Å². The number of ether oxygens (including phenoxy) is 4. The van der Waals surface area contributed by atoms with Crippen LogP contribution in [-0.4, -0.2) is 44.4 Å². The number of hydrogen-bond acceptors (Lipinski definition) is 7. The Morgan fingerprint density at radius 2 is 1.56 bits per heavy atom. The smallest absolute Gasteiger partial charge is 0.349 e. The molecule has 9 nitrogen and oxygen atoms in total. The number of nitrogens with zero attached hydrogens (tertiary/aromatic N) is 2. The van der Waals surface area contributed by atoms with Crippen LogP contribution in [0.5, 0.6) is 17.2 Å². The number of aromatic nitrogens is 1. The van der Waals surface area contributed by atoms with Gasteiger partial charge in [0.25, 0.3) is 5.91 Å². The lowest BCUT2D eigenvalue weighted by Gasteiger charge is -2.10. The predicted octanol–water partition coefficient (Wildman–Crippen LogP) is 4.21. The van der Waals surface area contributed by atoms with Crippen molar-refractivity contribution in [2.45, 2.75) is 13.8 Å². The molecule has 0 bridgehead atoms. The zero-order chi connectivity index (χ0) is 26.2. The molecule has 1 amide bonds. The van der Waals surface area contributed by atoms with Gasteiger partial charge in [0, 0.05) is 41.0 Å². The number of rotatable bonds is 9. The highest BCUT2D eigenvalue weighted by atomic mass is 16.5. The van der Waals surface area contributed by atoms with Gasteiger partial charge < -0.3 is 28.8 Å². The number of methoxy groups -OCH3 is 3. The number of nitrogens with one attached hydrogen (secondary N) is 1. The first-order valence-electron chi connectivity index (χ1n) is 10.9. The van der Waals surface area contributed by atoms with Crippen molar-refractivity contribution in [3.8, 4) is 29.0 Å². The molecule has 1 N–H and O–H groups in total. The standard InChI is InChI=1S/C27H27N3O6/c1-17-10-19(18(2)30(17)22-6-8-23(33-3)9-7-22)11-20(15-28)27(32)36-16-26(31)29-21-12-24(34-4)14-25(13-21)35-5/h6-14H,16H2,1-5H3,(H,29,31)/b20-11+. The summed E-state index contributed by atoms with van der Waals surface area (Å²) >= 11 is 0. The molecule has 0 saturated carbocycles. The molecule has 0 unspecified atom stereocenters. The Hall–Kier alpha value is -4.71. The number of aryl methyl sites for hydroxylation is 1. The Morgan fingerprint density at radius 1 is 0.944 bits per heavy atom. The summed E-state index contributed by atoms with van der Waals surface area (Å²) in [6.07, 6.45) is 1.45. The molecule has 1 heterocycles. The van der Waals surface area contributed by atoms with Gasteiger partial charge in [-0.15, -0.1) is 0 Å². The van der Waals surface area contributed by atoms with Crippen molar-refractivity contribution in [2.24, 2.45) is 0 Å². The summed E-state index contributed by atoms with van der Waals surface area (Å²) < 4.78 is 22.6. The average molecular weight is 490 g/mol. The molecule has 0 aliphatic rings. The molecular weight excluding hydrogens is 462 g/mol. The van der Waals surface area contributed by atoms with E-state index >= 15 is 0 Å². The second-order valence-corrected chi connectivity index (χ2v) is 7.76. The molecule has 9 heteroatoms. The monoisotopic (exact) mass is 489 g/mol. The van der Waals surface area contributed by atoms with Crippen molar-refractivity contribution in [2.75, 3.05) is 33.3 Å². The molecule has 0 aliphatic carbocycles. The first kappa shape index (κ1) is 25.9. The molecular formula is C27H27N3O6. The van der Waals surface area contributed by atoms with E-state index in [0.29, 0.717) is 22.7 Å². The maximum absolute atomic E-state index is 12.5. The highest BCUT2D eigenvalue weighted by Crippen LogP contribution is 2.26. The van der Waals surface area contributed by atoms with Gasteiger partial charge in [-0.3, -0.25) is 4.79 Å². The Labute approximate surface area is 209 Å². The van der Waals surface area contributed by atoms with Crippen molar-refractivity contribution in [1.29, 1.82) is 5.26 Å². The molecule has 0 fully saturated rings. The van der Waals surface area contributed by atoms with Gasteiger partial charge in [-0.1, -0.05) is 0 Å². The average Bonchev–Trinajstić information content (AvgIpc) is 3.17. The lowest BCUT2D eigenvalue weighted by atomic mass is 10.1. The third kappa shape index (κ3) is 6.04. The fourth-order valence-corrected chi connectivity index (χ4v) is 3.64. The van der Waals surface area contributed by atoms with E-state index in [9.17, 15) is 14.9 Å². The number of benzene rings is 2. The highest BCUT2D eigenvalue weighted by molar-refractivity contribution is 6.00. The minimum Gasteiger partial charge on any atom is -0.497 e. The Balaban J connectivity index is 1.71. The fourth-order valence-electron chi connectivity index (χ4n) is 3.64. The zero-order valence-corrected chi connectivity index (χ0v) is 20.7. The third-order valence-corrected chi connectivity index (χ3v) is 5.41. The van der Waals surface area contributed by atoms with Crippen LogP contribution < -0.4 is 19.5 Å². The van der Waals surface area contributed by atoms with Crippen LogP contribution in [0.3, 0.4) is 0 Å². The number of anilines is 1. The number of esters is 1. The van der Waals surface area contributed by atoms with Gasteiger partial charge in [0.15, 0.2) is 6.61 Å². The van der Waals surface area contributed by atoms with Gasteiger partial charge in [0.1, 0.15) is 28.9 Å². The van der Waals surface area contributed by atoms with Gasteiger partial charge in [-0.25, -0.2) is 4.79 Å². The minimum absolute atomic E-state index is 0.221. The van der Waals surface area contributed by atoms with Gasteiger partial charge in [-0.2, -0.15) is 5.26 Å². The molecule has 0 atom stereocenters. The summed E-state index contributed by atoms with van der Waals surface area (Å²) in [6, 6.07) is 16.1. The highest BCUT2D eigenvalue weighted by Gasteiger charge is 2.16. The van der Waals surface area contributed by atoms with Crippen molar-refractivity contribution in [3.63, 3.8) is 0 Å². The quantitative estimate of drug-likeness (QED) is 0.272. The van der Waals surface area contributed by atoms with E-state index in [-0.39, 0.29) is 5.57 Å². The van der Waals surface area contributed by atoms with Crippen LogP contribution in [0.1, 0.15) is 17.0 Å². The summed E-state index contributed by atoms with van der Waals surface area (Å²) in [4.78, 5) is 24.8. The third-order valence-electron chi connectivity index (χ3n) is 5.41. The normalized spacial score (nSPS) is 10.8. The van der Waals surface area contributed by atoms with Crippen LogP contribution in [0, 0.1) is 25.2 Å². The zero-order valence-electron chi connectivity index (χ0n) is 20.7. The van der Waals surface area contributed by atoms with Crippen LogP contribution in [-0.2, 0) is 14.3 Å². The van der Waals surface area contributed by atoms with Crippen molar-refractivity contribution < 1.29 is 28.5 Å². The van der Waals surface area contributed by atoms with E-state index in [2.05, 4.69) is 5.32 Å². The van der Waals surface area contributed by atoms with E-state index in [1.165, 1.54) is 20.3 Å². The van der Waals surface area contributed by atoms with Gasteiger partial charge in [0.05, 0.1) is 21.3 Å². The lowest BCUT2D eigenvalue weighted by Crippen LogP contribution is -2.21. The van der Waals surface area contributed by atoms with Crippen LogP contribution in [0.25, 0.3) is 11.8 Å². The fraction of sp³-hybridized carbons (Fsp3) is 0.222. The SMILES string of the molecule is COc1ccc(-n2c(C)cc(/C=C(\C#N)C(=O)OCC(=O)Nc3cc(OC)cc(OC)c3)c2C)cc1. The Bertz CT molecular complexity index is 1310. The number of carbonyl (C=O) groups is 2. The van der Waals surface area contributed by atoms with Gasteiger partial charge in [-0.05, 0) is 55.8 Å². The number of hydrogen-bond donors (Lipinski definition) is 1. The van der Waals surface area contributed by atoms with E-state index in [0.717, 1.165) is 22.8 Å². The van der Waals surface area contributed by atoms with Crippen molar-refractivity contribution in [1.82, 2.24) is 4.57 Å². The predicted molar refractivity (Wildman–Crippen MR) is 135 cm³/mol. The van der Waals surface area contributed by atoms with E-state index in [1.54, 1.807) is 25.3 Å². The summed E-state index contributed by atoms with van der Waals surface area (Å²) in [7, 11) is 4.59. The van der Waals surface area contributed by atoms with Gasteiger partial charge >= 0.3 is 5.97 Å². The van der Waals surface area contributed by atoms with E-state index < -0.39 is 18.5 Å². The molecule has 3 rings (SSSR count). The maximum atomic E-state index is 12.5.